The lowest BCUT2D eigenvalue weighted by atomic mass is 9.89. The molecule has 0 unspecified atom stereocenters. The van der Waals surface area contributed by atoms with Crippen LogP contribution in [0.25, 0.3) is 0 Å². The van der Waals surface area contributed by atoms with E-state index in [9.17, 15) is 4.79 Å². The Balaban J connectivity index is 1.77. The molecule has 0 saturated carbocycles. The smallest absolute Gasteiger partial charge is 0.264 e. The monoisotopic (exact) mass is 373 g/mol. The van der Waals surface area contributed by atoms with Gasteiger partial charge in [-0.25, -0.2) is 0 Å². The molecule has 0 bridgehead atoms. The summed E-state index contributed by atoms with van der Waals surface area (Å²) < 4.78 is 11.9. The summed E-state index contributed by atoms with van der Waals surface area (Å²) in [7, 11) is 0. The second kappa shape index (κ2) is 6.84. The van der Waals surface area contributed by atoms with Crippen LogP contribution in [0.2, 0.25) is 5.02 Å². The van der Waals surface area contributed by atoms with Crippen molar-refractivity contribution in [1.29, 1.82) is 0 Å². The minimum Gasteiger partial charge on any atom is -0.487 e. The molecule has 1 aliphatic rings. The summed E-state index contributed by atoms with van der Waals surface area (Å²) in [5.41, 5.74) is -0.388. The number of hydrogen-bond donors (Lipinski definition) is 1. The Bertz CT molecular complexity index is 799. The molecule has 2 aromatic rings. The van der Waals surface area contributed by atoms with Crippen LogP contribution in [0.5, 0.6) is 11.5 Å². The number of benzene rings is 2. The molecule has 0 fully saturated rings. The molecular weight excluding hydrogens is 350 g/mol. The summed E-state index contributed by atoms with van der Waals surface area (Å²) in [6.45, 7) is 7.57. The van der Waals surface area contributed by atoms with Gasteiger partial charge in [0, 0.05) is 17.0 Å². The fourth-order valence-electron chi connectivity index (χ4n) is 3.11. The van der Waals surface area contributed by atoms with Crippen LogP contribution in [0.1, 0.15) is 45.7 Å². The number of para-hydroxylation sites is 1. The molecule has 1 heterocycles. The van der Waals surface area contributed by atoms with E-state index in [1.807, 2.05) is 38.1 Å². The topological polar surface area (TPSA) is 47.6 Å². The molecule has 1 amide bonds. The lowest BCUT2D eigenvalue weighted by Crippen LogP contribution is -2.50. The average Bonchev–Trinajstić information content (AvgIpc) is 2.55. The van der Waals surface area contributed by atoms with E-state index < -0.39 is 5.60 Å². The predicted molar refractivity (Wildman–Crippen MR) is 103 cm³/mol. The minimum atomic E-state index is -1.02. The number of amides is 1. The normalized spacial score (nSPS) is 18.4. The molecule has 0 aliphatic carbocycles. The Morgan fingerprint density at radius 1 is 1.19 bits per heavy atom. The van der Waals surface area contributed by atoms with Gasteiger partial charge in [0.05, 0.1) is 6.04 Å². The van der Waals surface area contributed by atoms with Crippen molar-refractivity contribution in [3.8, 4) is 11.5 Å². The van der Waals surface area contributed by atoms with Crippen LogP contribution in [0.4, 0.5) is 0 Å². The minimum absolute atomic E-state index is 0.129. The maximum atomic E-state index is 12.9. The molecule has 0 spiro atoms. The molecular formula is C21H24ClNO3. The Morgan fingerprint density at radius 3 is 2.54 bits per heavy atom. The number of hydrogen-bond acceptors (Lipinski definition) is 3. The third kappa shape index (κ3) is 4.13. The highest BCUT2D eigenvalue weighted by Gasteiger charge is 2.38. The van der Waals surface area contributed by atoms with Crippen molar-refractivity contribution in [2.45, 2.75) is 51.4 Å². The summed E-state index contributed by atoms with van der Waals surface area (Å²) in [4.78, 5) is 12.9. The van der Waals surface area contributed by atoms with Gasteiger partial charge in [-0.2, -0.15) is 0 Å². The van der Waals surface area contributed by atoms with Gasteiger partial charge < -0.3 is 14.8 Å². The number of fused-ring (bicyclic) bond motifs is 1. The average molecular weight is 374 g/mol. The summed E-state index contributed by atoms with van der Waals surface area (Å²) in [5, 5.41) is 3.76. The summed E-state index contributed by atoms with van der Waals surface area (Å²) in [5.74, 6) is 1.23. The second-order valence-corrected chi connectivity index (χ2v) is 8.13. The quantitative estimate of drug-likeness (QED) is 0.827. The van der Waals surface area contributed by atoms with Crippen molar-refractivity contribution in [2.24, 2.45) is 0 Å². The first-order valence-electron chi connectivity index (χ1n) is 8.70. The van der Waals surface area contributed by atoms with Crippen LogP contribution >= 0.6 is 11.6 Å². The zero-order chi connectivity index (χ0) is 18.9. The molecule has 138 valence electrons. The van der Waals surface area contributed by atoms with Crippen LogP contribution in [0, 0.1) is 0 Å². The molecule has 1 atom stereocenters. The van der Waals surface area contributed by atoms with Crippen LogP contribution in [-0.2, 0) is 4.79 Å². The number of rotatable bonds is 4. The van der Waals surface area contributed by atoms with Crippen molar-refractivity contribution in [3.63, 3.8) is 0 Å². The first-order chi connectivity index (χ1) is 12.2. The standard InChI is InChI=1S/C21H24ClNO3/c1-20(2)13-17(16-7-5-6-8-18(16)26-20)23-19(24)21(3,4)25-15-11-9-14(22)10-12-15/h5-12,17H,13H2,1-4H3,(H,23,24)/t17-/m0/s1. The number of carbonyl (C=O) groups is 1. The lowest BCUT2D eigenvalue weighted by Gasteiger charge is -2.39. The van der Waals surface area contributed by atoms with Crippen LogP contribution in [-0.4, -0.2) is 17.1 Å². The van der Waals surface area contributed by atoms with Gasteiger partial charge in [0.25, 0.3) is 5.91 Å². The SMILES string of the molecule is CC1(C)C[C@H](NC(=O)C(C)(C)Oc2ccc(Cl)cc2)c2ccccc2O1. The first-order valence-corrected chi connectivity index (χ1v) is 9.08. The van der Waals surface area contributed by atoms with Gasteiger partial charge in [0.2, 0.25) is 0 Å². The maximum Gasteiger partial charge on any atom is 0.264 e. The Labute approximate surface area is 159 Å². The predicted octanol–water partition coefficient (Wildman–Crippen LogP) is 4.92. The van der Waals surface area contributed by atoms with E-state index in [1.54, 1.807) is 38.1 Å². The molecule has 0 radical (unpaired) electrons. The highest BCUT2D eigenvalue weighted by atomic mass is 35.5. The maximum absolute atomic E-state index is 12.9. The van der Waals surface area contributed by atoms with Crippen LogP contribution in [0.15, 0.2) is 48.5 Å². The molecule has 0 saturated heterocycles. The summed E-state index contributed by atoms with van der Waals surface area (Å²) in [6.07, 6.45) is 0.687. The van der Waals surface area contributed by atoms with Gasteiger partial charge in [0.1, 0.15) is 17.1 Å². The fraction of sp³-hybridized carbons (Fsp3) is 0.381. The summed E-state index contributed by atoms with van der Waals surface area (Å²) >= 11 is 5.90. The highest BCUT2D eigenvalue weighted by molar-refractivity contribution is 6.30. The number of ether oxygens (including phenoxy) is 2. The van der Waals surface area contributed by atoms with E-state index in [2.05, 4.69) is 5.32 Å². The van der Waals surface area contributed by atoms with Crippen molar-refractivity contribution in [2.75, 3.05) is 0 Å². The number of carbonyl (C=O) groups excluding carboxylic acids is 1. The molecule has 5 heteroatoms. The van der Waals surface area contributed by atoms with Crippen molar-refractivity contribution in [3.05, 3.63) is 59.1 Å². The Hall–Kier alpha value is -2.20. The highest BCUT2D eigenvalue weighted by Crippen LogP contribution is 2.39. The van der Waals surface area contributed by atoms with Crippen LogP contribution < -0.4 is 14.8 Å². The molecule has 26 heavy (non-hydrogen) atoms. The van der Waals surface area contributed by atoms with Gasteiger partial charge in [0.15, 0.2) is 5.60 Å². The van der Waals surface area contributed by atoms with E-state index in [0.717, 1.165) is 11.3 Å². The zero-order valence-corrected chi connectivity index (χ0v) is 16.3. The molecule has 3 rings (SSSR count). The van der Waals surface area contributed by atoms with Gasteiger partial charge in [-0.1, -0.05) is 29.8 Å². The molecule has 1 aliphatic heterocycles. The Morgan fingerprint density at radius 2 is 1.85 bits per heavy atom. The van der Waals surface area contributed by atoms with Gasteiger partial charge in [-0.3, -0.25) is 4.79 Å². The third-order valence-electron chi connectivity index (χ3n) is 4.42. The molecule has 0 aromatic heterocycles. The van der Waals surface area contributed by atoms with Crippen molar-refractivity contribution in [1.82, 2.24) is 5.32 Å². The van der Waals surface area contributed by atoms with E-state index in [1.165, 1.54) is 0 Å². The number of nitrogens with one attached hydrogen (secondary N) is 1. The lowest BCUT2D eigenvalue weighted by molar-refractivity contribution is -0.135. The third-order valence-corrected chi connectivity index (χ3v) is 4.67. The molecule has 1 N–H and O–H groups in total. The van der Waals surface area contributed by atoms with E-state index >= 15 is 0 Å². The van der Waals surface area contributed by atoms with Crippen LogP contribution in [0.3, 0.4) is 0 Å². The van der Waals surface area contributed by atoms with E-state index in [4.69, 9.17) is 21.1 Å². The first kappa shape index (κ1) is 18.6. The molecule has 2 aromatic carbocycles. The number of halogens is 1. The Kier molecular flexibility index (Phi) is 4.89. The van der Waals surface area contributed by atoms with Crippen molar-refractivity contribution >= 4 is 17.5 Å². The van der Waals surface area contributed by atoms with Gasteiger partial charge in [-0.05, 0) is 58.0 Å². The fourth-order valence-corrected chi connectivity index (χ4v) is 3.23. The zero-order valence-electron chi connectivity index (χ0n) is 15.5. The van der Waals surface area contributed by atoms with Gasteiger partial charge >= 0.3 is 0 Å². The summed E-state index contributed by atoms with van der Waals surface area (Å²) in [6, 6.07) is 14.7. The van der Waals surface area contributed by atoms with E-state index in [0.29, 0.717) is 17.2 Å². The van der Waals surface area contributed by atoms with Gasteiger partial charge in [-0.15, -0.1) is 0 Å². The molecule has 4 nitrogen and oxygen atoms in total. The second-order valence-electron chi connectivity index (χ2n) is 7.70. The largest absolute Gasteiger partial charge is 0.487 e. The van der Waals surface area contributed by atoms with Crippen molar-refractivity contribution < 1.29 is 14.3 Å². The van der Waals surface area contributed by atoms with E-state index in [-0.39, 0.29) is 17.6 Å².